The van der Waals surface area contributed by atoms with Crippen molar-refractivity contribution in [3.8, 4) is 5.75 Å². The minimum absolute atomic E-state index is 0.0765. The third-order valence-corrected chi connectivity index (χ3v) is 3.62. The van der Waals surface area contributed by atoms with E-state index >= 15 is 0 Å². The summed E-state index contributed by atoms with van der Waals surface area (Å²) in [7, 11) is 1.68. The number of halogens is 1. The van der Waals surface area contributed by atoms with E-state index in [9.17, 15) is 0 Å². The quantitative estimate of drug-likeness (QED) is 0.813. The lowest BCUT2D eigenvalue weighted by Gasteiger charge is -2.22. The summed E-state index contributed by atoms with van der Waals surface area (Å²) < 4.78 is 5.39. The number of nitrogens with one attached hydrogen (secondary N) is 1. The first kappa shape index (κ1) is 15.9. The molecule has 1 heterocycles. The molecule has 1 N–H and O–H groups in total. The topological polar surface area (TPSA) is 34.1 Å². The first-order valence-electron chi connectivity index (χ1n) is 7.20. The second kappa shape index (κ2) is 6.52. The molecule has 0 spiro atoms. The van der Waals surface area contributed by atoms with Crippen LogP contribution in [0.25, 0.3) is 10.8 Å². The number of ether oxygens (including phenoxy) is 1. The van der Waals surface area contributed by atoms with Crippen molar-refractivity contribution in [3.05, 3.63) is 30.5 Å². The van der Waals surface area contributed by atoms with Crippen molar-refractivity contribution in [1.29, 1.82) is 0 Å². The lowest BCUT2D eigenvalue weighted by molar-refractivity contribution is 0.373. The summed E-state index contributed by atoms with van der Waals surface area (Å²) >= 11 is 6.41. The van der Waals surface area contributed by atoms with Gasteiger partial charge in [0.05, 0.1) is 12.5 Å². The molecule has 2 rings (SSSR count). The number of hydrogen-bond donors (Lipinski definition) is 1. The zero-order chi connectivity index (χ0) is 15.5. The molecule has 3 nitrogen and oxygen atoms in total. The number of aromatic nitrogens is 1. The Morgan fingerprint density at radius 3 is 2.67 bits per heavy atom. The van der Waals surface area contributed by atoms with Crippen molar-refractivity contribution in [2.75, 3.05) is 19.0 Å². The van der Waals surface area contributed by atoms with Crippen LogP contribution in [0.4, 0.5) is 5.82 Å². The number of methoxy groups -OCH3 is 1. The SMILES string of the molecule is COc1cccc2c(NCC(Cl)CC(C)(C)C)nccc12. The average Bonchev–Trinajstić information content (AvgIpc) is 2.42. The Bertz CT molecular complexity index is 607. The molecule has 2 aromatic rings. The smallest absolute Gasteiger partial charge is 0.134 e. The number of pyridine rings is 1. The van der Waals surface area contributed by atoms with Gasteiger partial charge in [-0.15, -0.1) is 11.6 Å². The number of hydrogen-bond acceptors (Lipinski definition) is 3. The van der Waals surface area contributed by atoms with Gasteiger partial charge in [0.15, 0.2) is 0 Å². The van der Waals surface area contributed by atoms with Gasteiger partial charge < -0.3 is 10.1 Å². The summed E-state index contributed by atoms with van der Waals surface area (Å²) in [6.45, 7) is 7.29. The highest BCUT2D eigenvalue weighted by molar-refractivity contribution is 6.21. The van der Waals surface area contributed by atoms with Crippen LogP contribution in [0, 0.1) is 5.41 Å². The zero-order valence-corrected chi connectivity index (χ0v) is 13.9. The van der Waals surface area contributed by atoms with Crippen molar-refractivity contribution >= 4 is 28.2 Å². The molecule has 0 radical (unpaired) electrons. The Morgan fingerprint density at radius 1 is 1.24 bits per heavy atom. The Labute approximate surface area is 131 Å². The molecule has 1 aromatic heterocycles. The summed E-state index contributed by atoms with van der Waals surface area (Å²) in [5.41, 5.74) is 0.226. The fraction of sp³-hybridized carbons (Fsp3) is 0.471. The first-order chi connectivity index (χ1) is 9.90. The monoisotopic (exact) mass is 306 g/mol. The number of fused-ring (bicyclic) bond motifs is 1. The predicted molar refractivity (Wildman–Crippen MR) is 90.5 cm³/mol. The molecular formula is C17H23ClN2O. The van der Waals surface area contributed by atoms with Gasteiger partial charge in [0.1, 0.15) is 11.6 Å². The second-order valence-electron chi connectivity index (χ2n) is 6.46. The van der Waals surface area contributed by atoms with E-state index in [-0.39, 0.29) is 10.8 Å². The Kier molecular flexibility index (Phi) is 4.94. The van der Waals surface area contributed by atoms with Gasteiger partial charge in [-0.25, -0.2) is 4.98 Å². The van der Waals surface area contributed by atoms with Gasteiger partial charge in [0.2, 0.25) is 0 Å². The van der Waals surface area contributed by atoms with E-state index in [1.807, 2.05) is 24.3 Å². The Balaban J connectivity index is 2.16. The standard InChI is InChI=1S/C17H23ClN2O/c1-17(2,3)10-12(18)11-20-16-14-6-5-7-15(21-4)13(14)8-9-19-16/h5-9,12H,10-11H2,1-4H3,(H,19,20). The van der Waals surface area contributed by atoms with E-state index in [1.165, 1.54) is 0 Å². The van der Waals surface area contributed by atoms with Gasteiger partial charge in [-0.3, -0.25) is 0 Å². The highest BCUT2D eigenvalue weighted by Gasteiger charge is 2.17. The van der Waals surface area contributed by atoms with E-state index in [1.54, 1.807) is 13.3 Å². The van der Waals surface area contributed by atoms with Gasteiger partial charge in [0.25, 0.3) is 0 Å². The molecule has 0 bridgehead atoms. The van der Waals surface area contributed by atoms with Crippen LogP contribution in [0.3, 0.4) is 0 Å². The number of rotatable bonds is 5. The minimum atomic E-state index is 0.0765. The molecule has 21 heavy (non-hydrogen) atoms. The molecule has 0 saturated heterocycles. The maximum absolute atomic E-state index is 6.41. The molecule has 0 aliphatic carbocycles. The summed E-state index contributed by atoms with van der Waals surface area (Å²) in [5, 5.41) is 5.55. The van der Waals surface area contributed by atoms with Crippen LogP contribution in [0.2, 0.25) is 0 Å². The molecule has 1 aromatic carbocycles. The molecule has 0 fully saturated rings. The van der Waals surface area contributed by atoms with Gasteiger partial charge in [-0.2, -0.15) is 0 Å². The maximum Gasteiger partial charge on any atom is 0.134 e. The van der Waals surface area contributed by atoms with Crippen LogP contribution in [0.1, 0.15) is 27.2 Å². The second-order valence-corrected chi connectivity index (χ2v) is 7.08. The van der Waals surface area contributed by atoms with Crippen molar-refractivity contribution in [2.24, 2.45) is 5.41 Å². The van der Waals surface area contributed by atoms with E-state index in [4.69, 9.17) is 16.3 Å². The lowest BCUT2D eigenvalue weighted by atomic mass is 9.90. The predicted octanol–water partition coefficient (Wildman–Crippen LogP) is 4.70. The van der Waals surface area contributed by atoms with Crippen LogP contribution in [0.15, 0.2) is 30.5 Å². The lowest BCUT2D eigenvalue weighted by Crippen LogP contribution is -2.21. The van der Waals surface area contributed by atoms with Gasteiger partial charge in [0, 0.05) is 23.5 Å². The van der Waals surface area contributed by atoms with E-state index < -0.39 is 0 Å². The van der Waals surface area contributed by atoms with E-state index in [2.05, 4.69) is 31.1 Å². The van der Waals surface area contributed by atoms with E-state index in [0.29, 0.717) is 6.54 Å². The zero-order valence-electron chi connectivity index (χ0n) is 13.1. The van der Waals surface area contributed by atoms with Crippen LogP contribution < -0.4 is 10.1 Å². The molecular weight excluding hydrogens is 284 g/mol. The van der Waals surface area contributed by atoms with Crippen LogP contribution in [-0.4, -0.2) is 24.0 Å². The van der Waals surface area contributed by atoms with Gasteiger partial charge in [-0.1, -0.05) is 32.9 Å². The summed E-state index contributed by atoms with van der Waals surface area (Å²) in [5.74, 6) is 1.71. The molecule has 1 atom stereocenters. The number of benzene rings is 1. The molecule has 114 valence electrons. The van der Waals surface area contributed by atoms with Gasteiger partial charge in [-0.05, 0) is 24.0 Å². The number of anilines is 1. The minimum Gasteiger partial charge on any atom is -0.496 e. The number of alkyl halides is 1. The highest BCUT2D eigenvalue weighted by Crippen LogP contribution is 2.29. The van der Waals surface area contributed by atoms with Crippen molar-refractivity contribution in [2.45, 2.75) is 32.6 Å². The normalized spacial score (nSPS) is 13.2. The molecule has 0 aliphatic heterocycles. The Morgan fingerprint density at radius 2 is 2.00 bits per heavy atom. The van der Waals surface area contributed by atoms with E-state index in [0.717, 1.165) is 28.8 Å². The molecule has 1 unspecified atom stereocenters. The fourth-order valence-electron chi connectivity index (χ4n) is 2.44. The average molecular weight is 307 g/mol. The van der Waals surface area contributed by atoms with Crippen LogP contribution in [-0.2, 0) is 0 Å². The number of nitrogens with zero attached hydrogens (tertiary/aromatic N) is 1. The summed E-state index contributed by atoms with van der Waals surface area (Å²) in [6.07, 6.45) is 2.75. The molecule has 4 heteroatoms. The van der Waals surface area contributed by atoms with Gasteiger partial charge >= 0.3 is 0 Å². The highest BCUT2D eigenvalue weighted by atomic mass is 35.5. The van der Waals surface area contributed by atoms with Crippen molar-refractivity contribution < 1.29 is 4.74 Å². The van der Waals surface area contributed by atoms with Crippen LogP contribution >= 0.6 is 11.6 Å². The first-order valence-corrected chi connectivity index (χ1v) is 7.64. The van der Waals surface area contributed by atoms with Crippen molar-refractivity contribution in [3.63, 3.8) is 0 Å². The third-order valence-electron chi connectivity index (χ3n) is 3.31. The maximum atomic E-state index is 6.41. The third kappa shape index (κ3) is 4.24. The summed E-state index contributed by atoms with van der Waals surface area (Å²) in [6, 6.07) is 7.93. The molecule has 0 saturated carbocycles. The van der Waals surface area contributed by atoms with Crippen molar-refractivity contribution in [1.82, 2.24) is 4.98 Å². The Hall–Kier alpha value is -1.48. The summed E-state index contributed by atoms with van der Waals surface area (Å²) in [4.78, 5) is 4.43. The largest absolute Gasteiger partial charge is 0.496 e. The fourth-order valence-corrected chi connectivity index (χ4v) is 2.98. The van der Waals surface area contributed by atoms with Crippen LogP contribution in [0.5, 0.6) is 5.75 Å². The molecule has 0 amide bonds. The molecule has 0 aliphatic rings.